The number of ether oxygens (including phenoxy) is 1. The standard InChI is InChI=1S/C27H33FO3Si/c1-25(2,3)19-24(29)27(28,30-20-21-13-7-4-8-14-21)26(31-32,22-15-9-5-10-16-22)23-17-11-6-12-18-23/h4-18,24,29H,19-20H2,1-3,32H3. The van der Waals surface area contributed by atoms with E-state index in [0.717, 1.165) is 5.56 Å². The van der Waals surface area contributed by atoms with Gasteiger partial charge in [-0.15, -0.1) is 0 Å². The van der Waals surface area contributed by atoms with E-state index in [2.05, 4.69) is 0 Å². The van der Waals surface area contributed by atoms with Crippen molar-refractivity contribution in [2.24, 2.45) is 5.41 Å². The van der Waals surface area contributed by atoms with Gasteiger partial charge in [-0.3, -0.25) is 0 Å². The third-order valence-electron chi connectivity index (χ3n) is 5.67. The molecule has 0 amide bonds. The van der Waals surface area contributed by atoms with Gasteiger partial charge in [-0.05, 0) is 28.5 Å². The first-order valence-corrected chi connectivity index (χ1v) is 11.8. The first-order chi connectivity index (χ1) is 15.2. The van der Waals surface area contributed by atoms with Crippen LogP contribution in [-0.2, 0) is 21.4 Å². The van der Waals surface area contributed by atoms with Crippen molar-refractivity contribution in [2.75, 3.05) is 0 Å². The zero-order chi connectivity index (χ0) is 23.2. The molecule has 0 aliphatic carbocycles. The summed E-state index contributed by atoms with van der Waals surface area (Å²) < 4.78 is 29.8. The molecule has 0 aliphatic rings. The Labute approximate surface area is 193 Å². The predicted octanol–water partition coefficient (Wildman–Crippen LogP) is 4.91. The van der Waals surface area contributed by atoms with E-state index < -0.39 is 17.6 Å². The molecule has 1 N–H and O–H groups in total. The fourth-order valence-electron chi connectivity index (χ4n) is 4.19. The van der Waals surface area contributed by atoms with Gasteiger partial charge in [0.2, 0.25) is 0 Å². The molecule has 0 bridgehead atoms. The number of rotatable bonds is 9. The number of aliphatic hydroxyl groups is 1. The van der Waals surface area contributed by atoms with Crippen molar-refractivity contribution in [3.05, 3.63) is 108 Å². The maximum absolute atomic E-state index is 17.5. The highest BCUT2D eigenvalue weighted by molar-refractivity contribution is 5.98. The van der Waals surface area contributed by atoms with Gasteiger partial charge in [-0.2, -0.15) is 0 Å². The highest BCUT2D eigenvalue weighted by Crippen LogP contribution is 2.49. The molecule has 170 valence electrons. The number of hydrogen-bond donors (Lipinski definition) is 1. The van der Waals surface area contributed by atoms with Gasteiger partial charge in [-0.25, -0.2) is 4.39 Å². The summed E-state index contributed by atoms with van der Waals surface area (Å²) in [5.41, 5.74) is 0.0773. The lowest BCUT2D eigenvalue weighted by molar-refractivity contribution is -0.291. The van der Waals surface area contributed by atoms with Crippen LogP contribution in [-0.4, -0.2) is 27.6 Å². The molecule has 3 nitrogen and oxygen atoms in total. The van der Waals surface area contributed by atoms with Gasteiger partial charge in [0, 0.05) is 0 Å². The van der Waals surface area contributed by atoms with E-state index in [0.29, 0.717) is 11.1 Å². The first kappa shape index (κ1) is 24.3. The van der Waals surface area contributed by atoms with E-state index in [-0.39, 0.29) is 28.9 Å². The Hall–Kier alpha value is -2.31. The van der Waals surface area contributed by atoms with Crippen LogP contribution in [0.15, 0.2) is 91.0 Å². The molecule has 0 heterocycles. The Kier molecular flexibility index (Phi) is 7.67. The smallest absolute Gasteiger partial charge is 0.272 e. The molecule has 0 radical (unpaired) electrons. The average Bonchev–Trinajstić information content (AvgIpc) is 2.79. The molecule has 2 atom stereocenters. The first-order valence-electron chi connectivity index (χ1n) is 10.9. The molecule has 3 aromatic carbocycles. The summed E-state index contributed by atoms with van der Waals surface area (Å²) in [6.07, 6.45) is -1.23. The lowest BCUT2D eigenvalue weighted by Gasteiger charge is -2.48. The lowest BCUT2D eigenvalue weighted by Crippen LogP contribution is -2.60. The van der Waals surface area contributed by atoms with Gasteiger partial charge >= 0.3 is 0 Å². The molecule has 0 aromatic heterocycles. The Balaban J connectivity index is 2.20. The Bertz CT molecular complexity index is 921. The van der Waals surface area contributed by atoms with Crippen molar-refractivity contribution >= 4 is 10.5 Å². The molecule has 32 heavy (non-hydrogen) atoms. The largest absolute Gasteiger partial charge is 0.410 e. The van der Waals surface area contributed by atoms with Crippen molar-refractivity contribution in [2.45, 2.75) is 51.4 Å². The summed E-state index contributed by atoms with van der Waals surface area (Å²) >= 11 is 0. The van der Waals surface area contributed by atoms with Crippen molar-refractivity contribution in [3.8, 4) is 0 Å². The van der Waals surface area contributed by atoms with Gasteiger partial charge in [0.05, 0.1) is 6.61 Å². The van der Waals surface area contributed by atoms with Gasteiger partial charge in [0.15, 0.2) is 5.60 Å². The molecule has 3 aromatic rings. The van der Waals surface area contributed by atoms with E-state index in [9.17, 15) is 5.11 Å². The third kappa shape index (κ3) is 5.02. The molecule has 0 saturated heterocycles. The minimum absolute atomic E-state index is 0.00484. The zero-order valence-electron chi connectivity index (χ0n) is 19.3. The van der Waals surface area contributed by atoms with Crippen LogP contribution in [0.3, 0.4) is 0 Å². The van der Waals surface area contributed by atoms with Gasteiger partial charge < -0.3 is 14.3 Å². The second-order valence-corrected chi connectivity index (χ2v) is 9.73. The normalized spacial score (nSPS) is 15.3. The molecule has 0 spiro atoms. The minimum Gasteiger partial charge on any atom is -0.410 e. The molecule has 5 heteroatoms. The Morgan fingerprint density at radius 3 is 1.66 bits per heavy atom. The number of hydrogen-bond acceptors (Lipinski definition) is 3. The van der Waals surface area contributed by atoms with Crippen molar-refractivity contribution in [1.29, 1.82) is 0 Å². The second-order valence-electron chi connectivity index (χ2n) is 9.32. The van der Waals surface area contributed by atoms with Crippen LogP contribution in [0.2, 0.25) is 0 Å². The number of alkyl halides is 1. The van der Waals surface area contributed by atoms with E-state index in [4.69, 9.17) is 9.16 Å². The summed E-state index contributed by atoms with van der Waals surface area (Å²) in [7, 11) is 0.230. The summed E-state index contributed by atoms with van der Waals surface area (Å²) in [6, 6.07) is 27.9. The molecule has 0 aliphatic heterocycles. The van der Waals surface area contributed by atoms with Crippen molar-refractivity contribution in [3.63, 3.8) is 0 Å². The van der Waals surface area contributed by atoms with Crippen LogP contribution < -0.4 is 0 Å². The van der Waals surface area contributed by atoms with Gasteiger partial charge in [-0.1, -0.05) is 112 Å². The van der Waals surface area contributed by atoms with Crippen LogP contribution in [0.5, 0.6) is 0 Å². The number of aliphatic hydroxyl groups excluding tert-OH is 1. The topological polar surface area (TPSA) is 38.7 Å². The van der Waals surface area contributed by atoms with Crippen molar-refractivity contribution < 1.29 is 18.7 Å². The highest BCUT2D eigenvalue weighted by atomic mass is 28.2. The summed E-state index contributed by atoms with van der Waals surface area (Å²) in [5.74, 6) is -2.54. The summed E-state index contributed by atoms with van der Waals surface area (Å²) in [4.78, 5) is 0. The van der Waals surface area contributed by atoms with Crippen LogP contribution in [0.4, 0.5) is 4.39 Å². The molecule has 2 unspecified atom stereocenters. The zero-order valence-corrected chi connectivity index (χ0v) is 21.3. The fourth-order valence-corrected chi connectivity index (χ4v) is 4.94. The fraction of sp³-hybridized carbons (Fsp3) is 0.333. The van der Waals surface area contributed by atoms with E-state index in [1.165, 1.54) is 0 Å². The number of halogens is 1. The summed E-state index contributed by atoms with van der Waals surface area (Å²) in [6.45, 7) is 5.93. The highest BCUT2D eigenvalue weighted by Gasteiger charge is 2.61. The predicted molar refractivity (Wildman–Crippen MR) is 130 cm³/mol. The van der Waals surface area contributed by atoms with Crippen LogP contribution in [0.1, 0.15) is 43.9 Å². The molecular formula is C27H33FO3Si. The minimum atomic E-state index is -2.54. The summed E-state index contributed by atoms with van der Waals surface area (Å²) in [5, 5.41) is 11.4. The van der Waals surface area contributed by atoms with E-state index >= 15 is 4.39 Å². The Morgan fingerprint density at radius 1 is 0.812 bits per heavy atom. The van der Waals surface area contributed by atoms with Crippen LogP contribution in [0, 0.1) is 5.41 Å². The number of benzene rings is 3. The second kappa shape index (κ2) is 10.1. The van der Waals surface area contributed by atoms with Crippen molar-refractivity contribution in [1.82, 2.24) is 0 Å². The molecule has 0 saturated carbocycles. The lowest BCUT2D eigenvalue weighted by atomic mass is 9.74. The molecule has 3 rings (SSSR count). The SMILES string of the molecule is CC(C)(C)CC(O)C(F)(OCc1ccccc1)C(O[SiH3])(c1ccccc1)c1ccccc1. The maximum atomic E-state index is 17.5. The van der Waals surface area contributed by atoms with E-state index in [1.54, 1.807) is 0 Å². The van der Waals surface area contributed by atoms with Crippen LogP contribution >= 0.6 is 0 Å². The van der Waals surface area contributed by atoms with E-state index in [1.807, 2.05) is 112 Å². The Morgan fingerprint density at radius 2 is 1.25 bits per heavy atom. The van der Waals surface area contributed by atoms with Crippen LogP contribution in [0.25, 0.3) is 0 Å². The monoisotopic (exact) mass is 452 g/mol. The molecule has 0 fully saturated rings. The molecular weight excluding hydrogens is 419 g/mol. The quantitative estimate of drug-likeness (QED) is 0.469. The maximum Gasteiger partial charge on any atom is 0.272 e. The van der Waals surface area contributed by atoms with Gasteiger partial charge in [0.25, 0.3) is 5.85 Å². The third-order valence-corrected chi connectivity index (χ3v) is 6.29. The van der Waals surface area contributed by atoms with Gasteiger partial charge in [0.1, 0.15) is 16.6 Å². The average molecular weight is 453 g/mol.